The number of amides is 1. The number of aliphatic hydroxyl groups excluding tert-OH is 4. The van der Waals surface area contributed by atoms with Crippen molar-refractivity contribution < 1.29 is 31.3 Å². The molecule has 1 amide bonds. The lowest BCUT2D eigenvalue weighted by Gasteiger charge is -2.40. The molecule has 0 bridgehead atoms. The van der Waals surface area contributed by atoms with Gasteiger partial charge in [-0.2, -0.15) is 0 Å². The number of hydrogen-bond acceptors (Lipinski definition) is 6. The second-order valence-corrected chi connectivity index (χ2v) is 12.1. The monoisotopic (exact) mass is 584 g/mol. The highest BCUT2D eigenvalue weighted by molar-refractivity contribution is 5.87. The van der Waals surface area contributed by atoms with E-state index in [-0.39, 0.29) is 0 Å². The first-order valence-corrected chi connectivity index (χ1v) is 17.1. The van der Waals surface area contributed by atoms with Gasteiger partial charge < -0.3 is 30.5 Å². The molecule has 5 N–H and O–H groups in total. The highest BCUT2D eigenvalue weighted by atomic mass is 16.6. The molecule has 1 rings (SSSR count). The minimum absolute atomic E-state index is 0.461. The van der Waals surface area contributed by atoms with Gasteiger partial charge in [0, 0.05) is 1.37 Å². The Morgan fingerprint density at radius 1 is 0.683 bits per heavy atom. The highest BCUT2D eigenvalue weighted by Crippen LogP contribution is 2.20. The zero-order valence-electron chi connectivity index (χ0n) is 27.0. The summed E-state index contributed by atoms with van der Waals surface area (Å²) in [6.45, 7) is 0.0632. The van der Waals surface area contributed by atoms with Crippen LogP contribution in [0.3, 0.4) is 0 Å². The fourth-order valence-corrected chi connectivity index (χ4v) is 5.63. The summed E-state index contributed by atoms with van der Waals surface area (Å²) in [5.41, 5.74) is 0. The van der Waals surface area contributed by atoms with Crippen LogP contribution in [0.1, 0.15) is 162 Å². The Balaban J connectivity index is 1.81. The van der Waals surface area contributed by atoms with Crippen molar-refractivity contribution in [2.45, 2.75) is 192 Å². The maximum atomic E-state index is 12.1. The van der Waals surface area contributed by atoms with Crippen molar-refractivity contribution in [1.82, 2.24) is 5.32 Å². The third-order valence-corrected chi connectivity index (χ3v) is 8.35. The van der Waals surface area contributed by atoms with E-state index in [0.717, 1.165) is 25.7 Å². The Bertz CT molecular complexity index is 652. The van der Waals surface area contributed by atoms with Crippen molar-refractivity contribution in [2.75, 3.05) is 6.61 Å². The molecule has 0 aromatic rings. The fraction of sp³-hybridized carbons (Fsp3) is 0.912. The van der Waals surface area contributed by atoms with Gasteiger partial charge in [-0.25, -0.2) is 0 Å². The van der Waals surface area contributed by atoms with E-state index >= 15 is 0 Å². The van der Waals surface area contributed by atoms with Gasteiger partial charge in [0.15, 0.2) is 6.29 Å². The molecule has 1 fully saturated rings. The van der Waals surface area contributed by atoms with Crippen molar-refractivity contribution in [2.24, 2.45) is 0 Å². The number of aliphatic hydroxyl groups is 4. The van der Waals surface area contributed by atoms with Gasteiger partial charge in [0.25, 0.3) is 0 Å². The molecule has 242 valence electrons. The van der Waals surface area contributed by atoms with Gasteiger partial charge in [-0.05, 0) is 18.9 Å². The number of ether oxygens (including phenoxy) is 1. The molecule has 7 heteroatoms. The van der Waals surface area contributed by atoms with Gasteiger partial charge in [-0.3, -0.25) is 4.79 Å². The Labute approximate surface area is 252 Å². The molecule has 1 aliphatic heterocycles. The topological polar surface area (TPSA) is 119 Å². The summed E-state index contributed by atoms with van der Waals surface area (Å²) < 4.78 is 12.2. The first-order chi connectivity index (χ1) is 20.5. The smallest absolute Gasteiger partial charge is 0.244 e. The zero-order valence-corrected chi connectivity index (χ0v) is 26.0. The summed E-state index contributed by atoms with van der Waals surface area (Å²) in [4.78, 5) is 12.1. The molecule has 0 aliphatic carbocycles. The van der Waals surface area contributed by atoms with Gasteiger partial charge in [0.2, 0.25) is 5.91 Å². The second kappa shape index (κ2) is 26.6. The molecule has 0 radical (unpaired) electrons. The number of carbonyl (C=O) groups is 1. The average Bonchev–Trinajstić information content (AvgIpc) is 2.99. The van der Waals surface area contributed by atoms with Crippen molar-refractivity contribution >= 4 is 5.91 Å². The van der Waals surface area contributed by atoms with E-state index in [4.69, 9.17) is 11.2 Å². The Morgan fingerprint density at radius 2 is 1.10 bits per heavy atom. The number of nitrogens with one attached hydrogen (secondary N) is 1. The van der Waals surface area contributed by atoms with Crippen LogP contribution < -0.4 is 5.32 Å². The summed E-state index contributed by atoms with van der Waals surface area (Å²) in [7, 11) is 0. The molecule has 0 saturated carbocycles. The van der Waals surface area contributed by atoms with Crippen molar-refractivity contribution in [1.29, 1.82) is 0 Å². The molecule has 1 unspecified atom stereocenters. The lowest BCUT2D eigenvalue weighted by Crippen LogP contribution is -2.64. The van der Waals surface area contributed by atoms with E-state index in [1.807, 2.05) is 0 Å². The third-order valence-electron chi connectivity index (χ3n) is 8.35. The summed E-state index contributed by atoms with van der Waals surface area (Å²) in [6.07, 6.45) is 29.1. The van der Waals surface area contributed by atoms with Crippen LogP contribution in [0.15, 0.2) is 12.2 Å². The van der Waals surface area contributed by atoms with Crippen LogP contribution in [0.2, 0.25) is 0 Å². The standard InChI is InChI=1S/C34H65NO6/c1-2-3-4-5-6-7-8-9-10-11-12-13-14-15-16-17-18-19-20-21-22-23-24-25-26-27-30(37)35-31-33(39)32(38)29(28-36)41-34(31)40/h26-27,29,31-34,36,38-40H,2-25,28H2,1H3,(H,35,37)/t29-,31-,32-,33-,34?/m1/s1/i1D. The van der Waals surface area contributed by atoms with Gasteiger partial charge in [-0.1, -0.05) is 154 Å². The summed E-state index contributed by atoms with van der Waals surface area (Å²) >= 11 is 0. The van der Waals surface area contributed by atoms with Crippen LogP contribution in [0.5, 0.6) is 0 Å². The van der Waals surface area contributed by atoms with E-state index < -0.39 is 43.2 Å². The summed E-state index contributed by atoms with van der Waals surface area (Å²) in [5, 5.41) is 41.5. The van der Waals surface area contributed by atoms with Crippen LogP contribution in [-0.2, 0) is 9.53 Å². The number of hydrogen-bond donors (Lipinski definition) is 5. The van der Waals surface area contributed by atoms with E-state index in [9.17, 15) is 20.1 Å². The minimum atomic E-state index is -1.50. The Morgan fingerprint density at radius 3 is 1.51 bits per heavy atom. The van der Waals surface area contributed by atoms with E-state index in [0.29, 0.717) is 6.90 Å². The van der Waals surface area contributed by atoms with E-state index in [1.54, 1.807) is 6.08 Å². The predicted molar refractivity (Wildman–Crippen MR) is 168 cm³/mol. The van der Waals surface area contributed by atoms with Gasteiger partial charge in [-0.15, -0.1) is 0 Å². The number of allylic oxidation sites excluding steroid dienone is 1. The van der Waals surface area contributed by atoms with Crippen molar-refractivity contribution in [3.63, 3.8) is 0 Å². The Kier molecular flexibility index (Phi) is 23.5. The van der Waals surface area contributed by atoms with Crippen LogP contribution in [-0.4, -0.2) is 63.6 Å². The Hall–Kier alpha value is -0.990. The fourth-order valence-electron chi connectivity index (χ4n) is 5.63. The molecule has 41 heavy (non-hydrogen) atoms. The van der Waals surface area contributed by atoms with E-state index in [2.05, 4.69) is 5.32 Å². The highest BCUT2D eigenvalue weighted by Gasteiger charge is 2.44. The number of rotatable bonds is 27. The maximum absolute atomic E-state index is 12.1. The van der Waals surface area contributed by atoms with Crippen molar-refractivity contribution in [3.05, 3.63) is 12.2 Å². The zero-order chi connectivity index (χ0) is 30.7. The summed E-state index contributed by atoms with van der Waals surface area (Å²) in [6, 6.07) is -1.15. The third kappa shape index (κ3) is 19.8. The summed E-state index contributed by atoms with van der Waals surface area (Å²) in [5.74, 6) is -0.461. The first kappa shape index (κ1) is 36.2. The van der Waals surface area contributed by atoms with Gasteiger partial charge >= 0.3 is 0 Å². The average molecular weight is 585 g/mol. The first-order valence-electron chi connectivity index (χ1n) is 17.8. The molecule has 0 aromatic heterocycles. The molecule has 1 aliphatic rings. The lowest BCUT2D eigenvalue weighted by atomic mass is 9.97. The minimum Gasteiger partial charge on any atom is -0.394 e. The van der Waals surface area contributed by atoms with Crippen LogP contribution in [0.25, 0.3) is 0 Å². The molecule has 0 spiro atoms. The normalized spacial score (nSPS) is 23.2. The molecule has 1 saturated heterocycles. The van der Waals surface area contributed by atoms with Crippen LogP contribution in [0.4, 0.5) is 0 Å². The molecule has 1 heterocycles. The molecule has 7 nitrogen and oxygen atoms in total. The van der Waals surface area contributed by atoms with Crippen LogP contribution >= 0.6 is 0 Å². The number of carbonyl (C=O) groups excluding carboxylic acids is 1. The quantitative estimate of drug-likeness (QED) is 0.0533. The van der Waals surface area contributed by atoms with Crippen LogP contribution in [0, 0.1) is 0 Å². The molecule has 5 atom stereocenters. The largest absolute Gasteiger partial charge is 0.394 e. The lowest BCUT2D eigenvalue weighted by molar-refractivity contribution is -0.253. The predicted octanol–water partition coefficient (Wildman–Crippen LogP) is 6.84. The SMILES string of the molecule is [2H]CCCCCCCCCCCCCCCCCCCCCCCCCC=CC(=O)N[C@H]1C(O)O[C@H](CO)[C@@H](O)[C@@H]1O. The van der Waals surface area contributed by atoms with Gasteiger partial charge in [0.05, 0.1) is 6.61 Å². The molecule has 0 aromatic carbocycles. The number of unbranched alkanes of at least 4 members (excludes halogenated alkanes) is 23. The molecular formula is C34H65NO6. The maximum Gasteiger partial charge on any atom is 0.244 e. The van der Waals surface area contributed by atoms with Gasteiger partial charge in [0.1, 0.15) is 24.4 Å². The van der Waals surface area contributed by atoms with Crippen molar-refractivity contribution in [3.8, 4) is 0 Å². The van der Waals surface area contributed by atoms with E-state index in [1.165, 1.54) is 134 Å². The molecular weight excluding hydrogens is 518 g/mol. The second-order valence-electron chi connectivity index (χ2n) is 12.1.